The lowest BCUT2D eigenvalue weighted by Crippen LogP contribution is -2.48. The summed E-state index contributed by atoms with van der Waals surface area (Å²) in [7, 11) is -1.68. The number of ether oxygens (including phenoxy) is 1. The quantitative estimate of drug-likeness (QED) is 0.554. The summed E-state index contributed by atoms with van der Waals surface area (Å²) in [6, 6.07) is 0. The molecular formula is C13H26O2Si. The molecule has 2 nitrogen and oxygen atoms in total. The molecule has 0 aliphatic carbocycles. The lowest BCUT2D eigenvalue weighted by Gasteiger charge is -2.42. The van der Waals surface area contributed by atoms with E-state index >= 15 is 0 Å². The van der Waals surface area contributed by atoms with E-state index in [4.69, 9.17) is 9.16 Å². The molecular weight excluding hydrogens is 216 g/mol. The fourth-order valence-corrected chi connectivity index (χ4v) is 3.04. The monoisotopic (exact) mass is 242 g/mol. The van der Waals surface area contributed by atoms with Crippen LogP contribution in [-0.2, 0) is 9.16 Å². The minimum Gasteiger partial charge on any atom is -0.411 e. The predicted octanol–water partition coefficient (Wildman–Crippen LogP) is 3.74. The minimum atomic E-state index is -1.68. The molecule has 1 aliphatic heterocycles. The molecule has 1 aliphatic rings. The van der Waals surface area contributed by atoms with E-state index in [0.29, 0.717) is 0 Å². The van der Waals surface area contributed by atoms with Crippen molar-refractivity contribution in [2.75, 3.05) is 6.61 Å². The van der Waals surface area contributed by atoms with Crippen molar-refractivity contribution in [1.29, 1.82) is 0 Å². The summed E-state index contributed by atoms with van der Waals surface area (Å²) in [5.74, 6) is 0. The Kier molecular flexibility index (Phi) is 4.38. The summed E-state index contributed by atoms with van der Waals surface area (Å²) in [5, 5.41) is 0.260. The van der Waals surface area contributed by atoms with Gasteiger partial charge in [-0.25, -0.2) is 0 Å². The molecule has 0 radical (unpaired) electrons. The van der Waals surface area contributed by atoms with Gasteiger partial charge < -0.3 is 9.16 Å². The average molecular weight is 242 g/mol. The van der Waals surface area contributed by atoms with Gasteiger partial charge in [0, 0.05) is 6.61 Å². The Morgan fingerprint density at radius 3 is 2.50 bits per heavy atom. The summed E-state index contributed by atoms with van der Waals surface area (Å²) in [5.41, 5.74) is 0. The van der Waals surface area contributed by atoms with E-state index in [9.17, 15) is 0 Å². The summed E-state index contributed by atoms with van der Waals surface area (Å²) < 4.78 is 12.1. The lowest BCUT2D eigenvalue weighted by molar-refractivity contribution is -0.0419. The van der Waals surface area contributed by atoms with Crippen LogP contribution in [0.1, 0.15) is 33.6 Å². The van der Waals surface area contributed by atoms with Crippen LogP contribution in [0, 0.1) is 0 Å². The van der Waals surface area contributed by atoms with Crippen molar-refractivity contribution in [3.63, 3.8) is 0 Å². The zero-order valence-electron chi connectivity index (χ0n) is 11.4. The molecule has 0 amide bonds. The molecule has 1 fully saturated rings. The largest absolute Gasteiger partial charge is 0.411 e. The van der Waals surface area contributed by atoms with Crippen LogP contribution in [0.4, 0.5) is 0 Å². The molecule has 0 unspecified atom stereocenters. The maximum absolute atomic E-state index is 6.39. The normalized spacial score (nSPS) is 27.8. The standard InChI is InChI=1S/C13H26O2Si/c1-7-11-12(9-8-10-14-11)15-16(5,6)13(2,3)4/h7,11-12H,1,8-10H2,2-6H3/t11-,12+/m1/s1. The Labute approximate surface area is 101 Å². The summed E-state index contributed by atoms with van der Waals surface area (Å²) in [4.78, 5) is 0. The molecule has 1 rings (SSSR count). The van der Waals surface area contributed by atoms with E-state index in [0.717, 1.165) is 19.4 Å². The molecule has 0 N–H and O–H groups in total. The molecule has 0 saturated carbocycles. The zero-order chi connectivity index (χ0) is 12.4. The molecule has 1 heterocycles. The highest BCUT2D eigenvalue weighted by atomic mass is 28.4. The highest BCUT2D eigenvalue weighted by Gasteiger charge is 2.41. The van der Waals surface area contributed by atoms with E-state index in [1.54, 1.807) is 0 Å². The third-order valence-electron chi connectivity index (χ3n) is 3.79. The number of hydrogen-bond donors (Lipinski definition) is 0. The summed E-state index contributed by atoms with van der Waals surface area (Å²) >= 11 is 0. The van der Waals surface area contributed by atoms with Crippen LogP contribution in [-0.4, -0.2) is 27.1 Å². The zero-order valence-corrected chi connectivity index (χ0v) is 12.4. The topological polar surface area (TPSA) is 18.5 Å². The van der Waals surface area contributed by atoms with Crippen LogP contribution in [0.25, 0.3) is 0 Å². The smallest absolute Gasteiger partial charge is 0.192 e. The van der Waals surface area contributed by atoms with Crippen LogP contribution < -0.4 is 0 Å². The van der Waals surface area contributed by atoms with Crippen molar-refractivity contribution >= 4 is 8.32 Å². The van der Waals surface area contributed by atoms with Gasteiger partial charge in [0.1, 0.15) is 6.10 Å². The Morgan fingerprint density at radius 2 is 2.00 bits per heavy atom. The molecule has 0 aromatic rings. The Balaban J connectivity index is 2.67. The van der Waals surface area contributed by atoms with Crippen LogP contribution >= 0.6 is 0 Å². The molecule has 0 aromatic heterocycles. The fraction of sp³-hybridized carbons (Fsp3) is 0.846. The molecule has 0 spiro atoms. The average Bonchev–Trinajstić information content (AvgIpc) is 2.16. The molecule has 2 atom stereocenters. The Morgan fingerprint density at radius 1 is 1.38 bits per heavy atom. The number of rotatable bonds is 3. The highest BCUT2D eigenvalue weighted by molar-refractivity contribution is 6.74. The van der Waals surface area contributed by atoms with Crippen LogP contribution in [0.15, 0.2) is 12.7 Å². The van der Waals surface area contributed by atoms with E-state index in [2.05, 4.69) is 40.4 Å². The fourth-order valence-electron chi connectivity index (χ4n) is 1.68. The molecule has 3 heteroatoms. The van der Waals surface area contributed by atoms with Crippen molar-refractivity contribution in [1.82, 2.24) is 0 Å². The Hall–Kier alpha value is -0.123. The first-order valence-electron chi connectivity index (χ1n) is 6.20. The maximum Gasteiger partial charge on any atom is 0.192 e. The second kappa shape index (κ2) is 5.03. The summed E-state index contributed by atoms with van der Waals surface area (Å²) in [6.07, 6.45) is 4.39. The van der Waals surface area contributed by atoms with Gasteiger partial charge in [0.25, 0.3) is 0 Å². The van der Waals surface area contributed by atoms with E-state index in [-0.39, 0.29) is 17.2 Å². The first kappa shape index (κ1) is 13.9. The van der Waals surface area contributed by atoms with Gasteiger partial charge in [0.05, 0.1) is 6.10 Å². The second-order valence-corrected chi connectivity index (χ2v) is 10.9. The van der Waals surface area contributed by atoms with Gasteiger partial charge in [-0.05, 0) is 31.0 Å². The first-order valence-corrected chi connectivity index (χ1v) is 9.11. The van der Waals surface area contributed by atoms with Crippen molar-refractivity contribution in [3.05, 3.63) is 12.7 Å². The van der Waals surface area contributed by atoms with Crippen LogP contribution in [0.5, 0.6) is 0 Å². The molecule has 16 heavy (non-hydrogen) atoms. The molecule has 1 saturated heterocycles. The Bertz CT molecular complexity index is 243. The maximum atomic E-state index is 6.39. The van der Waals surface area contributed by atoms with E-state index in [1.807, 2.05) is 6.08 Å². The SMILES string of the molecule is C=C[C@H]1OCCC[C@@H]1O[Si](C)(C)C(C)(C)C. The van der Waals surface area contributed by atoms with Gasteiger partial charge in [-0.2, -0.15) is 0 Å². The molecule has 0 bridgehead atoms. The second-order valence-electron chi connectivity index (χ2n) is 6.13. The van der Waals surface area contributed by atoms with Gasteiger partial charge in [-0.1, -0.05) is 26.8 Å². The van der Waals surface area contributed by atoms with E-state index < -0.39 is 8.32 Å². The minimum absolute atomic E-state index is 0.0860. The van der Waals surface area contributed by atoms with Gasteiger partial charge >= 0.3 is 0 Å². The van der Waals surface area contributed by atoms with Crippen molar-refractivity contribution in [2.45, 2.75) is 64.0 Å². The molecule has 94 valence electrons. The van der Waals surface area contributed by atoms with Crippen molar-refractivity contribution in [3.8, 4) is 0 Å². The van der Waals surface area contributed by atoms with Crippen molar-refractivity contribution in [2.24, 2.45) is 0 Å². The predicted molar refractivity (Wildman–Crippen MR) is 71.2 cm³/mol. The third kappa shape index (κ3) is 3.19. The number of hydrogen-bond acceptors (Lipinski definition) is 2. The molecule has 0 aromatic carbocycles. The van der Waals surface area contributed by atoms with Crippen LogP contribution in [0.2, 0.25) is 18.1 Å². The van der Waals surface area contributed by atoms with E-state index in [1.165, 1.54) is 0 Å². The first-order chi connectivity index (χ1) is 7.28. The van der Waals surface area contributed by atoms with Gasteiger partial charge in [-0.15, -0.1) is 6.58 Å². The van der Waals surface area contributed by atoms with Gasteiger partial charge in [-0.3, -0.25) is 0 Å². The van der Waals surface area contributed by atoms with Gasteiger partial charge in [0.15, 0.2) is 8.32 Å². The van der Waals surface area contributed by atoms with Gasteiger partial charge in [0.2, 0.25) is 0 Å². The summed E-state index contributed by atoms with van der Waals surface area (Å²) in [6.45, 7) is 16.1. The van der Waals surface area contributed by atoms with Crippen LogP contribution in [0.3, 0.4) is 0 Å². The highest BCUT2D eigenvalue weighted by Crippen LogP contribution is 2.38. The lowest BCUT2D eigenvalue weighted by atomic mass is 10.1. The third-order valence-corrected chi connectivity index (χ3v) is 8.30. The van der Waals surface area contributed by atoms with Crippen molar-refractivity contribution < 1.29 is 9.16 Å².